The molecule has 0 aliphatic heterocycles. The van der Waals surface area contributed by atoms with Crippen LogP contribution in [0.25, 0.3) is 0 Å². The second-order valence-electron chi connectivity index (χ2n) is 6.37. The van der Waals surface area contributed by atoms with Crippen molar-refractivity contribution < 1.29 is 18.0 Å². The number of nitrogens with zero attached hydrogens (tertiary/aromatic N) is 5. The van der Waals surface area contributed by atoms with Gasteiger partial charge >= 0.3 is 6.18 Å². The van der Waals surface area contributed by atoms with Gasteiger partial charge in [-0.1, -0.05) is 0 Å². The Morgan fingerprint density at radius 3 is 2.65 bits per heavy atom. The van der Waals surface area contributed by atoms with Crippen molar-refractivity contribution in [1.82, 2.24) is 24.5 Å². The fraction of sp³-hybridized carbons (Fsp3) is 0.562. The number of halogens is 4. The third kappa shape index (κ3) is 3.79. The average Bonchev–Trinajstić information content (AvgIpc) is 3.19. The number of likely N-dealkylation sites (N-methyl/N-ethyl adjacent to an activating group) is 1. The van der Waals surface area contributed by atoms with Crippen LogP contribution in [-0.4, -0.2) is 37.4 Å². The first-order valence-corrected chi connectivity index (χ1v) is 9.09. The molecular weight excluding hydrogens is 415 g/mol. The van der Waals surface area contributed by atoms with E-state index >= 15 is 0 Å². The number of aromatic nitrogens is 4. The van der Waals surface area contributed by atoms with Crippen LogP contribution in [0.2, 0.25) is 0 Å². The fourth-order valence-corrected chi connectivity index (χ4v) is 3.69. The molecule has 1 fully saturated rings. The van der Waals surface area contributed by atoms with Crippen LogP contribution in [0.15, 0.2) is 16.7 Å². The van der Waals surface area contributed by atoms with Crippen LogP contribution >= 0.6 is 15.9 Å². The summed E-state index contributed by atoms with van der Waals surface area (Å²) >= 11 is 3.03. The maximum Gasteiger partial charge on any atom is 0.436 e. The lowest BCUT2D eigenvalue weighted by molar-refractivity contribution is -0.142. The normalized spacial score (nSPS) is 14.7. The molecule has 142 valence electrons. The third-order valence-corrected chi connectivity index (χ3v) is 5.16. The number of aryl methyl sites for hydroxylation is 1. The summed E-state index contributed by atoms with van der Waals surface area (Å²) in [5, 5.41) is 7.82. The van der Waals surface area contributed by atoms with Crippen molar-refractivity contribution in [3.63, 3.8) is 0 Å². The highest BCUT2D eigenvalue weighted by Gasteiger charge is 2.42. The Morgan fingerprint density at radius 2 is 2.08 bits per heavy atom. The van der Waals surface area contributed by atoms with Crippen LogP contribution < -0.4 is 0 Å². The molecule has 0 saturated heterocycles. The van der Waals surface area contributed by atoms with Crippen LogP contribution in [0.5, 0.6) is 0 Å². The van der Waals surface area contributed by atoms with E-state index in [0.29, 0.717) is 18.8 Å². The third-order valence-electron chi connectivity index (χ3n) is 4.38. The van der Waals surface area contributed by atoms with Crippen molar-refractivity contribution in [1.29, 1.82) is 0 Å². The highest BCUT2D eigenvalue weighted by molar-refractivity contribution is 9.10. The first kappa shape index (κ1) is 18.9. The smallest absolute Gasteiger partial charge is 0.338 e. The number of amides is 1. The SMILES string of the molecule is CCn1nccc1CN(C)C(=O)Cn1nc(C(F)(F)F)c(Br)c1C1CC1. The quantitative estimate of drug-likeness (QED) is 0.701. The molecule has 0 spiro atoms. The molecule has 10 heteroatoms. The van der Waals surface area contributed by atoms with Gasteiger partial charge < -0.3 is 4.90 Å². The molecule has 1 saturated carbocycles. The van der Waals surface area contributed by atoms with Gasteiger partial charge in [0.15, 0.2) is 5.69 Å². The zero-order chi connectivity index (χ0) is 19.1. The predicted octanol–water partition coefficient (Wildman–Crippen LogP) is 3.42. The number of alkyl halides is 3. The fourth-order valence-electron chi connectivity index (χ4n) is 2.86. The minimum Gasteiger partial charge on any atom is -0.338 e. The number of hydrogen-bond donors (Lipinski definition) is 0. The van der Waals surface area contributed by atoms with E-state index in [9.17, 15) is 18.0 Å². The Morgan fingerprint density at radius 1 is 1.38 bits per heavy atom. The lowest BCUT2D eigenvalue weighted by Crippen LogP contribution is -2.31. The van der Waals surface area contributed by atoms with Crippen molar-refractivity contribution in [2.45, 2.75) is 51.5 Å². The summed E-state index contributed by atoms with van der Waals surface area (Å²) in [4.78, 5) is 14.0. The van der Waals surface area contributed by atoms with Crippen LogP contribution in [0, 0.1) is 0 Å². The van der Waals surface area contributed by atoms with Crippen molar-refractivity contribution in [2.24, 2.45) is 0 Å². The molecule has 0 unspecified atom stereocenters. The lowest BCUT2D eigenvalue weighted by atomic mass is 10.2. The van der Waals surface area contributed by atoms with Gasteiger partial charge in [-0.3, -0.25) is 14.2 Å². The molecule has 0 radical (unpaired) electrons. The molecule has 2 aromatic heterocycles. The molecule has 0 atom stereocenters. The molecule has 0 aromatic carbocycles. The lowest BCUT2D eigenvalue weighted by Gasteiger charge is -2.18. The number of hydrogen-bond acceptors (Lipinski definition) is 3. The van der Waals surface area contributed by atoms with E-state index in [1.54, 1.807) is 17.9 Å². The van der Waals surface area contributed by atoms with Gasteiger partial charge in [0, 0.05) is 25.7 Å². The molecule has 0 N–H and O–H groups in total. The van der Waals surface area contributed by atoms with Crippen LogP contribution in [0.4, 0.5) is 13.2 Å². The Hall–Kier alpha value is -1.84. The monoisotopic (exact) mass is 433 g/mol. The van der Waals surface area contributed by atoms with Gasteiger partial charge in [0.25, 0.3) is 0 Å². The second kappa shape index (κ2) is 7.05. The summed E-state index contributed by atoms with van der Waals surface area (Å²) < 4.78 is 42.4. The topological polar surface area (TPSA) is 56.0 Å². The van der Waals surface area contributed by atoms with Gasteiger partial charge in [0.2, 0.25) is 5.91 Å². The molecule has 3 rings (SSSR count). The van der Waals surface area contributed by atoms with E-state index in [1.807, 2.05) is 13.0 Å². The highest BCUT2D eigenvalue weighted by Crippen LogP contribution is 2.46. The Kier molecular flexibility index (Phi) is 5.14. The van der Waals surface area contributed by atoms with E-state index < -0.39 is 11.9 Å². The largest absolute Gasteiger partial charge is 0.436 e. The first-order valence-electron chi connectivity index (χ1n) is 8.30. The van der Waals surface area contributed by atoms with E-state index in [4.69, 9.17) is 0 Å². The maximum absolute atomic E-state index is 13.1. The first-order chi connectivity index (χ1) is 12.2. The van der Waals surface area contributed by atoms with Crippen molar-refractivity contribution >= 4 is 21.8 Å². The summed E-state index contributed by atoms with van der Waals surface area (Å²) in [7, 11) is 1.62. The summed E-state index contributed by atoms with van der Waals surface area (Å²) in [6.07, 6.45) is -1.29. The van der Waals surface area contributed by atoms with Crippen molar-refractivity contribution in [2.75, 3.05) is 7.05 Å². The Labute approximate surface area is 157 Å². The molecule has 1 aliphatic rings. The van der Waals surface area contributed by atoms with Gasteiger partial charge in [-0.05, 0) is 41.8 Å². The summed E-state index contributed by atoms with van der Waals surface area (Å²) in [6.45, 7) is 2.73. The standard InChI is InChI=1S/C16H19BrF3N5O/c1-3-24-11(6-7-21-24)8-23(2)12(26)9-25-14(10-4-5-10)13(17)15(22-25)16(18,19)20/h6-7,10H,3-5,8-9H2,1-2H3. The maximum atomic E-state index is 13.1. The number of carbonyl (C=O) groups is 1. The van der Waals surface area contributed by atoms with Crippen LogP contribution in [0.3, 0.4) is 0 Å². The minimum absolute atomic E-state index is 0.0209. The molecule has 1 amide bonds. The van der Waals surface area contributed by atoms with Gasteiger partial charge in [-0.2, -0.15) is 23.4 Å². The van der Waals surface area contributed by atoms with E-state index in [0.717, 1.165) is 18.5 Å². The molecule has 1 aliphatic carbocycles. The van der Waals surface area contributed by atoms with Crippen molar-refractivity contribution in [3.8, 4) is 0 Å². The van der Waals surface area contributed by atoms with Crippen LogP contribution in [0.1, 0.15) is 42.8 Å². The van der Waals surface area contributed by atoms with E-state index in [-0.39, 0.29) is 22.8 Å². The molecule has 2 heterocycles. The second-order valence-corrected chi connectivity index (χ2v) is 7.16. The van der Waals surface area contributed by atoms with Crippen LogP contribution in [-0.2, 0) is 30.6 Å². The summed E-state index contributed by atoms with van der Waals surface area (Å²) in [5.74, 6) is -0.285. The Balaban J connectivity index is 1.78. The Bertz CT molecular complexity index is 809. The molecule has 2 aromatic rings. The van der Waals surface area contributed by atoms with Gasteiger partial charge in [-0.15, -0.1) is 0 Å². The minimum atomic E-state index is -4.56. The van der Waals surface area contributed by atoms with E-state index in [1.165, 1.54) is 9.58 Å². The highest BCUT2D eigenvalue weighted by atomic mass is 79.9. The zero-order valence-electron chi connectivity index (χ0n) is 14.4. The van der Waals surface area contributed by atoms with Gasteiger partial charge in [0.05, 0.1) is 22.4 Å². The zero-order valence-corrected chi connectivity index (χ0v) is 16.0. The number of carbonyl (C=O) groups excluding carboxylic acids is 1. The molecular formula is C16H19BrF3N5O. The van der Waals surface area contributed by atoms with Gasteiger partial charge in [0.1, 0.15) is 6.54 Å². The predicted molar refractivity (Wildman–Crippen MR) is 91.3 cm³/mol. The van der Waals surface area contributed by atoms with E-state index in [2.05, 4.69) is 26.1 Å². The summed E-state index contributed by atoms with van der Waals surface area (Å²) in [5.41, 5.74) is 0.347. The molecule has 26 heavy (non-hydrogen) atoms. The molecule has 6 nitrogen and oxygen atoms in total. The number of rotatable bonds is 6. The summed E-state index contributed by atoms with van der Waals surface area (Å²) in [6, 6.07) is 1.81. The molecule has 0 bridgehead atoms. The van der Waals surface area contributed by atoms with Gasteiger partial charge in [-0.25, -0.2) is 0 Å². The average molecular weight is 434 g/mol. The van der Waals surface area contributed by atoms with Crippen molar-refractivity contribution in [3.05, 3.63) is 33.8 Å².